The molecule has 29 heavy (non-hydrogen) atoms. The lowest BCUT2D eigenvalue weighted by Gasteiger charge is -2.31. The number of likely N-dealkylation sites (tertiary alicyclic amines) is 1. The van der Waals surface area contributed by atoms with Gasteiger partial charge in [-0.25, -0.2) is 4.79 Å². The Labute approximate surface area is 178 Å². The highest BCUT2D eigenvalue weighted by Crippen LogP contribution is 2.23. The molecule has 2 heterocycles. The van der Waals surface area contributed by atoms with Gasteiger partial charge < -0.3 is 9.88 Å². The third-order valence-electron chi connectivity index (χ3n) is 5.89. The highest BCUT2D eigenvalue weighted by molar-refractivity contribution is 9.10. The maximum absolute atomic E-state index is 12.5. The molecule has 0 spiro atoms. The number of carbonyl (C=O) groups excluding carboxylic acids is 1. The van der Waals surface area contributed by atoms with Gasteiger partial charge in [0.25, 0.3) is 0 Å². The van der Waals surface area contributed by atoms with Crippen molar-refractivity contribution in [2.24, 2.45) is 5.92 Å². The summed E-state index contributed by atoms with van der Waals surface area (Å²) in [6.45, 7) is 3.77. The molecule has 6 heteroatoms. The number of para-hydroxylation sites is 2. The van der Waals surface area contributed by atoms with Gasteiger partial charge in [0.05, 0.1) is 11.0 Å². The van der Waals surface area contributed by atoms with Crippen molar-refractivity contribution in [3.63, 3.8) is 0 Å². The lowest BCUT2D eigenvalue weighted by Crippen LogP contribution is -2.35. The Morgan fingerprint density at radius 1 is 1.03 bits per heavy atom. The van der Waals surface area contributed by atoms with Crippen molar-refractivity contribution in [3.8, 4) is 0 Å². The fraction of sp³-hybridized carbons (Fsp3) is 0.391. The Morgan fingerprint density at radius 2 is 1.76 bits per heavy atom. The van der Waals surface area contributed by atoms with Crippen molar-refractivity contribution in [1.29, 1.82) is 0 Å². The topological polar surface area (TPSA) is 58.1 Å². The van der Waals surface area contributed by atoms with Crippen molar-refractivity contribution in [3.05, 3.63) is 69.1 Å². The predicted octanol–water partition coefficient (Wildman–Crippen LogP) is 4.47. The second-order valence-electron chi connectivity index (χ2n) is 7.87. The van der Waals surface area contributed by atoms with Crippen LogP contribution in [0.2, 0.25) is 0 Å². The molecule has 0 amide bonds. The number of nitrogens with zero attached hydrogens (tertiary/aromatic N) is 2. The molecule has 2 aromatic carbocycles. The monoisotopic (exact) mass is 455 g/mol. The number of aryl methyl sites for hydroxylation is 1. The maximum Gasteiger partial charge on any atom is 0.326 e. The van der Waals surface area contributed by atoms with E-state index in [9.17, 15) is 9.59 Å². The van der Waals surface area contributed by atoms with Gasteiger partial charge in [0.15, 0.2) is 5.78 Å². The van der Waals surface area contributed by atoms with Gasteiger partial charge in [-0.3, -0.25) is 9.36 Å². The summed E-state index contributed by atoms with van der Waals surface area (Å²) >= 11 is 3.41. The number of imidazole rings is 1. The second-order valence-corrected chi connectivity index (χ2v) is 8.79. The molecular formula is C23H26BrN3O2. The van der Waals surface area contributed by atoms with Crippen molar-refractivity contribution in [1.82, 2.24) is 14.5 Å². The number of aromatic nitrogens is 2. The zero-order valence-corrected chi connectivity index (χ0v) is 18.0. The van der Waals surface area contributed by atoms with Crippen LogP contribution < -0.4 is 5.69 Å². The zero-order valence-electron chi connectivity index (χ0n) is 16.4. The Bertz CT molecular complexity index is 1030. The Morgan fingerprint density at radius 3 is 2.52 bits per heavy atom. The molecule has 0 atom stereocenters. The van der Waals surface area contributed by atoms with Crippen LogP contribution >= 0.6 is 15.9 Å². The molecule has 4 rings (SSSR count). The first-order chi connectivity index (χ1) is 14.1. The van der Waals surface area contributed by atoms with Crippen LogP contribution in [0, 0.1) is 5.92 Å². The van der Waals surface area contributed by atoms with Gasteiger partial charge in [0, 0.05) is 23.0 Å². The van der Waals surface area contributed by atoms with Crippen LogP contribution in [0.25, 0.3) is 11.0 Å². The van der Waals surface area contributed by atoms with E-state index in [1.807, 2.05) is 53.1 Å². The summed E-state index contributed by atoms with van der Waals surface area (Å²) < 4.78 is 2.83. The number of Topliss-reactive ketones (excluding diaryl/α,β-unsaturated/α-hetero) is 1. The van der Waals surface area contributed by atoms with Crippen LogP contribution in [0.3, 0.4) is 0 Å². The van der Waals surface area contributed by atoms with E-state index in [1.54, 1.807) is 0 Å². The SMILES string of the molecule is O=C(CC1CCN(CCCn2c(=O)[nH]c3ccccc32)CC1)c1ccc(Br)cc1. The van der Waals surface area contributed by atoms with Gasteiger partial charge >= 0.3 is 5.69 Å². The maximum atomic E-state index is 12.5. The standard InChI is InChI=1S/C23H26BrN3O2/c24-19-8-6-18(7-9-19)22(28)16-17-10-14-26(15-11-17)12-3-13-27-21-5-2-1-4-20(21)25-23(27)29/h1-2,4-9,17H,3,10-16H2,(H,25,29). The second kappa shape index (κ2) is 9.09. The molecule has 1 aromatic heterocycles. The minimum absolute atomic E-state index is 0.0311. The lowest BCUT2D eigenvalue weighted by molar-refractivity contribution is 0.0927. The lowest BCUT2D eigenvalue weighted by atomic mass is 9.90. The van der Waals surface area contributed by atoms with Crippen LogP contribution in [0.4, 0.5) is 0 Å². The van der Waals surface area contributed by atoms with E-state index in [0.717, 1.165) is 66.5 Å². The number of hydrogen-bond acceptors (Lipinski definition) is 3. The van der Waals surface area contributed by atoms with Gasteiger partial charge in [0.1, 0.15) is 0 Å². The summed E-state index contributed by atoms with van der Waals surface area (Å²) in [5.74, 6) is 0.716. The fourth-order valence-electron chi connectivity index (χ4n) is 4.21. The van der Waals surface area contributed by atoms with Gasteiger partial charge in [-0.05, 0) is 69.1 Å². The molecule has 0 saturated carbocycles. The van der Waals surface area contributed by atoms with Crippen LogP contribution in [0.15, 0.2) is 57.8 Å². The van der Waals surface area contributed by atoms with Gasteiger partial charge in [-0.15, -0.1) is 0 Å². The first-order valence-corrected chi connectivity index (χ1v) is 11.1. The molecule has 1 fully saturated rings. The third-order valence-corrected chi connectivity index (χ3v) is 6.41. The van der Waals surface area contributed by atoms with E-state index in [-0.39, 0.29) is 11.5 Å². The minimum Gasteiger partial charge on any atom is -0.306 e. The normalized spacial score (nSPS) is 15.8. The largest absolute Gasteiger partial charge is 0.326 e. The smallest absolute Gasteiger partial charge is 0.306 e. The summed E-state index contributed by atoms with van der Waals surface area (Å²) in [6, 6.07) is 15.5. The van der Waals surface area contributed by atoms with Gasteiger partial charge in [-0.2, -0.15) is 0 Å². The number of halogens is 1. The number of carbonyl (C=O) groups is 1. The van der Waals surface area contributed by atoms with Crippen molar-refractivity contribution in [2.45, 2.75) is 32.2 Å². The van der Waals surface area contributed by atoms with Crippen molar-refractivity contribution in [2.75, 3.05) is 19.6 Å². The minimum atomic E-state index is -0.0311. The zero-order chi connectivity index (χ0) is 20.2. The number of piperidine rings is 1. The molecule has 5 nitrogen and oxygen atoms in total. The van der Waals surface area contributed by atoms with E-state index in [0.29, 0.717) is 12.3 Å². The Hall–Kier alpha value is -2.18. The van der Waals surface area contributed by atoms with E-state index < -0.39 is 0 Å². The molecule has 1 aliphatic heterocycles. The summed E-state index contributed by atoms with van der Waals surface area (Å²) in [5.41, 5.74) is 2.65. The number of H-pyrrole nitrogens is 1. The summed E-state index contributed by atoms with van der Waals surface area (Å²) in [5, 5.41) is 0. The number of ketones is 1. The Kier molecular flexibility index (Phi) is 6.31. The van der Waals surface area contributed by atoms with E-state index in [4.69, 9.17) is 0 Å². The number of rotatable bonds is 7. The average Bonchev–Trinajstić information content (AvgIpc) is 3.05. The third kappa shape index (κ3) is 4.87. The molecule has 1 aliphatic rings. The van der Waals surface area contributed by atoms with E-state index in [1.165, 1.54) is 0 Å². The number of fused-ring (bicyclic) bond motifs is 1. The van der Waals surface area contributed by atoms with Gasteiger partial charge in [0.2, 0.25) is 0 Å². The Balaban J connectivity index is 1.23. The highest BCUT2D eigenvalue weighted by atomic mass is 79.9. The number of benzene rings is 2. The van der Waals surface area contributed by atoms with Crippen LogP contribution in [0.1, 0.15) is 36.0 Å². The molecule has 1 saturated heterocycles. The predicted molar refractivity (Wildman–Crippen MR) is 119 cm³/mol. The first kappa shape index (κ1) is 20.1. The van der Waals surface area contributed by atoms with Crippen LogP contribution in [0.5, 0.6) is 0 Å². The molecule has 152 valence electrons. The summed E-state index contributed by atoms with van der Waals surface area (Å²) in [6.07, 6.45) is 3.72. The molecule has 0 unspecified atom stereocenters. The van der Waals surface area contributed by atoms with E-state index in [2.05, 4.69) is 25.8 Å². The van der Waals surface area contributed by atoms with Crippen molar-refractivity contribution >= 4 is 32.7 Å². The van der Waals surface area contributed by atoms with Crippen LogP contribution in [-0.4, -0.2) is 39.9 Å². The van der Waals surface area contributed by atoms with Crippen LogP contribution in [-0.2, 0) is 6.54 Å². The number of hydrogen-bond donors (Lipinski definition) is 1. The van der Waals surface area contributed by atoms with Gasteiger partial charge in [-0.1, -0.05) is 40.2 Å². The molecule has 1 N–H and O–H groups in total. The molecule has 0 radical (unpaired) electrons. The molecule has 0 bridgehead atoms. The molecule has 0 aliphatic carbocycles. The number of nitrogens with one attached hydrogen (secondary N) is 1. The number of aromatic amines is 1. The highest BCUT2D eigenvalue weighted by Gasteiger charge is 2.22. The molecular weight excluding hydrogens is 430 g/mol. The summed E-state index contributed by atoms with van der Waals surface area (Å²) in [4.78, 5) is 30.0. The fourth-order valence-corrected chi connectivity index (χ4v) is 4.48. The van der Waals surface area contributed by atoms with Crippen molar-refractivity contribution < 1.29 is 4.79 Å². The average molecular weight is 456 g/mol. The molecule has 3 aromatic rings. The summed E-state index contributed by atoms with van der Waals surface area (Å²) in [7, 11) is 0. The first-order valence-electron chi connectivity index (χ1n) is 10.3. The quantitative estimate of drug-likeness (QED) is 0.534. The van der Waals surface area contributed by atoms with E-state index >= 15 is 0 Å².